The summed E-state index contributed by atoms with van der Waals surface area (Å²) in [5.41, 5.74) is 0.974. The van der Waals surface area contributed by atoms with E-state index in [-0.39, 0.29) is 11.5 Å². The Labute approximate surface area is 130 Å². The van der Waals surface area contributed by atoms with Crippen molar-refractivity contribution in [3.63, 3.8) is 0 Å². The van der Waals surface area contributed by atoms with Crippen LogP contribution in [0.4, 0.5) is 0 Å². The molecule has 0 bridgehead atoms. The number of unbranched alkanes of at least 4 members (excludes halogenated alkanes) is 1. The van der Waals surface area contributed by atoms with E-state index < -0.39 is 0 Å². The molecule has 0 aliphatic carbocycles. The van der Waals surface area contributed by atoms with Crippen molar-refractivity contribution in [1.29, 1.82) is 0 Å². The zero-order chi connectivity index (χ0) is 15.8. The van der Waals surface area contributed by atoms with Gasteiger partial charge in [0.15, 0.2) is 0 Å². The molecule has 22 heavy (non-hydrogen) atoms. The average molecular weight is 296 g/mol. The first-order valence-corrected chi connectivity index (χ1v) is 7.45. The largest absolute Gasteiger partial charge is 0.351 e. The molecule has 0 unspecified atom stereocenters. The molecule has 1 aromatic heterocycles. The number of hydrogen-bond donors (Lipinski definition) is 1. The maximum absolute atomic E-state index is 12.4. The molecule has 0 radical (unpaired) electrons. The first-order chi connectivity index (χ1) is 10.7. The van der Waals surface area contributed by atoms with Gasteiger partial charge in [0, 0.05) is 18.8 Å². The second kappa shape index (κ2) is 7.98. The van der Waals surface area contributed by atoms with E-state index in [4.69, 9.17) is 0 Å². The number of carbonyl (C=O) groups is 1. The summed E-state index contributed by atoms with van der Waals surface area (Å²) in [6, 6.07) is 14.3. The molecule has 0 aliphatic rings. The summed E-state index contributed by atoms with van der Waals surface area (Å²) in [7, 11) is 0. The first kappa shape index (κ1) is 15.8. The summed E-state index contributed by atoms with van der Waals surface area (Å²) in [6.07, 6.45) is 5.25. The van der Waals surface area contributed by atoms with Crippen molar-refractivity contribution in [1.82, 2.24) is 9.88 Å². The van der Waals surface area contributed by atoms with Crippen molar-refractivity contribution < 1.29 is 4.79 Å². The minimum Gasteiger partial charge on any atom is -0.351 e. The number of carbonyl (C=O) groups excluding carboxylic acids is 1. The second-order valence-corrected chi connectivity index (χ2v) is 4.96. The monoisotopic (exact) mass is 296 g/mol. The summed E-state index contributed by atoms with van der Waals surface area (Å²) in [5.74, 6) is -0.245. The SMILES string of the molecule is CCCCNC(=O)/C(=C\c1ccccc1)n1ccccc1=O. The van der Waals surface area contributed by atoms with Crippen LogP contribution in [0, 0.1) is 0 Å². The highest BCUT2D eigenvalue weighted by molar-refractivity contribution is 6.18. The van der Waals surface area contributed by atoms with Crippen LogP contribution in [-0.2, 0) is 4.79 Å². The van der Waals surface area contributed by atoms with E-state index in [1.807, 2.05) is 30.3 Å². The fourth-order valence-corrected chi connectivity index (χ4v) is 2.05. The predicted molar refractivity (Wildman–Crippen MR) is 89.2 cm³/mol. The zero-order valence-corrected chi connectivity index (χ0v) is 12.7. The molecule has 0 atom stereocenters. The number of aromatic nitrogens is 1. The van der Waals surface area contributed by atoms with E-state index in [1.165, 1.54) is 10.6 Å². The standard InChI is InChI=1S/C18H20N2O2/c1-2-3-12-19-18(22)16(14-15-9-5-4-6-10-15)20-13-8-7-11-17(20)21/h4-11,13-14H,2-3,12H2,1H3,(H,19,22)/b16-14+. The van der Waals surface area contributed by atoms with Crippen LogP contribution >= 0.6 is 0 Å². The summed E-state index contributed by atoms with van der Waals surface area (Å²) >= 11 is 0. The number of rotatable bonds is 6. The van der Waals surface area contributed by atoms with E-state index >= 15 is 0 Å². The number of amides is 1. The van der Waals surface area contributed by atoms with Gasteiger partial charge < -0.3 is 5.32 Å². The van der Waals surface area contributed by atoms with Crippen molar-refractivity contribution in [2.45, 2.75) is 19.8 Å². The van der Waals surface area contributed by atoms with Crippen LogP contribution in [-0.4, -0.2) is 17.0 Å². The quantitative estimate of drug-likeness (QED) is 0.658. The molecule has 0 aliphatic heterocycles. The van der Waals surface area contributed by atoms with Gasteiger partial charge in [0.05, 0.1) is 0 Å². The highest BCUT2D eigenvalue weighted by Crippen LogP contribution is 2.10. The third-order valence-electron chi connectivity index (χ3n) is 3.23. The number of pyridine rings is 1. The molecule has 0 saturated carbocycles. The third kappa shape index (κ3) is 4.19. The molecular formula is C18H20N2O2. The molecule has 1 aromatic carbocycles. The Morgan fingerprint density at radius 2 is 1.86 bits per heavy atom. The number of nitrogens with zero attached hydrogens (tertiary/aromatic N) is 1. The van der Waals surface area contributed by atoms with Gasteiger partial charge in [-0.05, 0) is 24.1 Å². The van der Waals surface area contributed by atoms with Crippen LogP contribution in [0.3, 0.4) is 0 Å². The van der Waals surface area contributed by atoms with Gasteiger partial charge >= 0.3 is 0 Å². The maximum Gasteiger partial charge on any atom is 0.268 e. The molecule has 4 nitrogen and oxygen atoms in total. The molecule has 1 N–H and O–H groups in total. The topological polar surface area (TPSA) is 51.1 Å². The second-order valence-electron chi connectivity index (χ2n) is 4.96. The third-order valence-corrected chi connectivity index (χ3v) is 3.23. The number of hydrogen-bond acceptors (Lipinski definition) is 2. The average Bonchev–Trinajstić information content (AvgIpc) is 2.54. The van der Waals surface area contributed by atoms with Gasteiger partial charge in [-0.25, -0.2) is 0 Å². The minimum atomic E-state index is -0.245. The normalized spacial score (nSPS) is 11.2. The summed E-state index contributed by atoms with van der Waals surface area (Å²) in [5, 5.41) is 2.86. The van der Waals surface area contributed by atoms with Gasteiger partial charge in [0.1, 0.15) is 5.70 Å². The molecule has 114 valence electrons. The van der Waals surface area contributed by atoms with Crippen LogP contribution in [0.5, 0.6) is 0 Å². The van der Waals surface area contributed by atoms with Gasteiger partial charge in [0.25, 0.3) is 11.5 Å². The lowest BCUT2D eigenvalue weighted by Gasteiger charge is -2.11. The molecule has 0 spiro atoms. The lowest BCUT2D eigenvalue weighted by atomic mass is 10.2. The molecule has 2 aromatic rings. The molecule has 1 amide bonds. The Hall–Kier alpha value is -2.62. The summed E-state index contributed by atoms with van der Waals surface area (Å²) < 4.78 is 1.37. The summed E-state index contributed by atoms with van der Waals surface area (Å²) in [6.45, 7) is 2.66. The van der Waals surface area contributed by atoms with Crippen LogP contribution < -0.4 is 10.9 Å². The predicted octanol–water partition coefficient (Wildman–Crippen LogP) is 2.76. The number of benzene rings is 1. The van der Waals surface area contributed by atoms with Crippen LogP contribution in [0.15, 0.2) is 59.5 Å². The molecule has 0 saturated heterocycles. The van der Waals surface area contributed by atoms with Gasteiger partial charge in [-0.3, -0.25) is 14.2 Å². The van der Waals surface area contributed by atoms with Gasteiger partial charge in [0.2, 0.25) is 0 Å². The summed E-state index contributed by atoms with van der Waals surface area (Å²) in [4.78, 5) is 24.5. The first-order valence-electron chi connectivity index (χ1n) is 7.45. The zero-order valence-electron chi connectivity index (χ0n) is 12.7. The van der Waals surface area contributed by atoms with Crippen molar-refractivity contribution in [3.8, 4) is 0 Å². The van der Waals surface area contributed by atoms with E-state index in [1.54, 1.807) is 24.4 Å². The van der Waals surface area contributed by atoms with Gasteiger partial charge in [-0.1, -0.05) is 49.7 Å². The van der Waals surface area contributed by atoms with E-state index in [0.29, 0.717) is 12.2 Å². The van der Waals surface area contributed by atoms with Crippen molar-refractivity contribution >= 4 is 17.7 Å². The van der Waals surface area contributed by atoms with Crippen LogP contribution in [0.1, 0.15) is 25.3 Å². The highest BCUT2D eigenvalue weighted by Gasteiger charge is 2.12. The van der Waals surface area contributed by atoms with Crippen LogP contribution in [0.25, 0.3) is 11.8 Å². The van der Waals surface area contributed by atoms with Crippen molar-refractivity contribution in [2.24, 2.45) is 0 Å². The fraction of sp³-hybridized carbons (Fsp3) is 0.222. The Bertz CT molecular complexity index is 702. The lowest BCUT2D eigenvalue weighted by Crippen LogP contribution is -2.31. The van der Waals surface area contributed by atoms with Gasteiger partial charge in [-0.2, -0.15) is 0 Å². The molecule has 1 heterocycles. The maximum atomic E-state index is 12.4. The van der Waals surface area contributed by atoms with Crippen molar-refractivity contribution in [3.05, 3.63) is 70.6 Å². The smallest absolute Gasteiger partial charge is 0.268 e. The molecule has 0 fully saturated rings. The van der Waals surface area contributed by atoms with Crippen molar-refractivity contribution in [2.75, 3.05) is 6.54 Å². The molecular weight excluding hydrogens is 276 g/mol. The van der Waals surface area contributed by atoms with E-state index in [2.05, 4.69) is 12.2 Å². The van der Waals surface area contributed by atoms with Crippen LogP contribution in [0.2, 0.25) is 0 Å². The van der Waals surface area contributed by atoms with E-state index in [0.717, 1.165) is 18.4 Å². The Morgan fingerprint density at radius 3 is 2.55 bits per heavy atom. The lowest BCUT2D eigenvalue weighted by molar-refractivity contribution is -0.115. The number of nitrogens with one attached hydrogen (secondary N) is 1. The Morgan fingerprint density at radius 1 is 1.14 bits per heavy atom. The highest BCUT2D eigenvalue weighted by atomic mass is 16.2. The van der Waals surface area contributed by atoms with E-state index in [9.17, 15) is 9.59 Å². The molecule has 4 heteroatoms. The fourth-order valence-electron chi connectivity index (χ4n) is 2.05. The minimum absolute atomic E-state index is 0.227. The molecule has 2 rings (SSSR count). The Balaban J connectivity index is 2.37. The van der Waals surface area contributed by atoms with Gasteiger partial charge in [-0.15, -0.1) is 0 Å². The Kier molecular flexibility index (Phi) is 5.72.